The Morgan fingerprint density at radius 3 is 2.80 bits per heavy atom. The van der Waals surface area contributed by atoms with Gasteiger partial charge in [0, 0.05) is 13.2 Å². The minimum atomic E-state index is -0.432. The Labute approximate surface area is 121 Å². The molecule has 1 heterocycles. The molecule has 0 saturated carbocycles. The van der Waals surface area contributed by atoms with Crippen LogP contribution in [0.1, 0.15) is 31.7 Å². The van der Waals surface area contributed by atoms with Gasteiger partial charge in [-0.2, -0.15) is 0 Å². The Balaban J connectivity index is 1.76. The summed E-state index contributed by atoms with van der Waals surface area (Å²) in [5, 5.41) is 13.0. The number of ether oxygens (including phenoxy) is 2. The van der Waals surface area contributed by atoms with Gasteiger partial charge in [0.25, 0.3) is 0 Å². The number of hydrogen-bond acceptors (Lipinski definition) is 4. The van der Waals surface area contributed by atoms with Crippen molar-refractivity contribution in [3.63, 3.8) is 0 Å². The molecular formula is C16H25NO3. The fourth-order valence-corrected chi connectivity index (χ4v) is 2.42. The summed E-state index contributed by atoms with van der Waals surface area (Å²) in [5.74, 6) is 0. The van der Waals surface area contributed by atoms with Crippen molar-refractivity contribution in [2.75, 3.05) is 26.4 Å². The average Bonchev–Trinajstić information content (AvgIpc) is 2.53. The zero-order chi connectivity index (χ0) is 14.3. The standard InChI is InChI=1S/C16H25NO3/c1-16(13-18,14-7-3-2-4-8-14)17-10-12-20-15-9-5-6-11-19-15/h2-4,7-8,15,17-18H,5-6,9-13H2,1H3/t15-,16+/m1/s1. The molecule has 0 bridgehead atoms. The van der Waals surface area contributed by atoms with E-state index in [0.717, 1.165) is 25.0 Å². The zero-order valence-electron chi connectivity index (χ0n) is 12.2. The summed E-state index contributed by atoms with van der Waals surface area (Å²) in [5.41, 5.74) is 0.648. The molecule has 0 aromatic heterocycles. The summed E-state index contributed by atoms with van der Waals surface area (Å²) >= 11 is 0. The normalized spacial score (nSPS) is 22.4. The molecule has 2 atom stereocenters. The second-order valence-electron chi connectivity index (χ2n) is 5.45. The molecule has 4 nitrogen and oxygen atoms in total. The third-order valence-corrected chi connectivity index (χ3v) is 3.79. The van der Waals surface area contributed by atoms with E-state index in [1.165, 1.54) is 6.42 Å². The van der Waals surface area contributed by atoms with Gasteiger partial charge in [-0.15, -0.1) is 0 Å². The highest BCUT2D eigenvalue weighted by atomic mass is 16.7. The fraction of sp³-hybridized carbons (Fsp3) is 0.625. The highest BCUT2D eigenvalue weighted by molar-refractivity contribution is 5.23. The van der Waals surface area contributed by atoms with Crippen LogP contribution in [-0.2, 0) is 15.0 Å². The quantitative estimate of drug-likeness (QED) is 0.750. The van der Waals surface area contributed by atoms with E-state index in [9.17, 15) is 5.11 Å². The van der Waals surface area contributed by atoms with Gasteiger partial charge in [0.15, 0.2) is 6.29 Å². The first-order chi connectivity index (χ1) is 9.74. The maximum absolute atomic E-state index is 9.66. The minimum Gasteiger partial charge on any atom is -0.394 e. The second-order valence-corrected chi connectivity index (χ2v) is 5.45. The van der Waals surface area contributed by atoms with E-state index in [-0.39, 0.29) is 12.9 Å². The fourth-order valence-electron chi connectivity index (χ4n) is 2.42. The lowest BCUT2D eigenvalue weighted by atomic mass is 9.93. The first-order valence-corrected chi connectivity index (χ1v) is 7.39. The number of hydrogen-bond donors (Lipinski definition) is 2. The molecule has 1 saturated heterocycles. The summed E-state index contributed by atoms with van der Waals surface area (Å²) in [6.07, 6.45) is 3.24. The van der Waals surface area contributed by atoms with Crippen LogP contribution >= 0.6 is 0 Å². The Kier molecular flexibility index (Phi) is 5.98. The third-order valence-electron chi connectivity index (χ3n) is 3.79. The summed E-state index contributed by atoms with van der Waals surface area (Å²) in [7, 11) is 0. The van der Waals surface area contributed by atoms with Crippen LogP contribution in [0.5, 0.6) is 0 Å². The van der Waals surface area contributed by atoms with Gasteiger partial charge in [0.2, 0.25) is 0 Å². The highest BCUT2D eigenvalue weighted by Crippen LogP contribution is 2.19. The molecule has 1 fully saturated rings. The molecule has 0 aliphatic carbocycles. The predicted molar refractivity (Wildman–Crippen MR) is 78.4 cm³/mol. The van der Waals surface area contributed by atoms with E-state index in [0.29, 0.717) is 13.2 Å². The Bertz CT molecular complexity index is 379. The van der Waals surface area contributed by atoms with Gasteiger partial charge in [0.05, 0.1) is 18.8 Å². The molecule has 4 heteroatoms. The largest absolute Gasteiger partial charge is 0.394 e. The number of aliphatic hydroxyl groups excluding tert-OH is 1. The van der Waals surface area contributed by atoms with Gasteiger partial charge < -0.3 is 19.9 Å². The van der Waals surface area contributed by atoms with Crippen molar-refractivity contribution >= 4 is 0 Å². The van der Waals surface area contributed by atoms with Gasteiger partial charge in [-0.05, 0) is 31.7 Å². The molecule has 0 amide bonds. The predicted octanol–water partition coefficient (Wildman–Crippen LogP) is 2.03. The van der Waals surface area contributed by atoms with E-state index < -0.39 is 5.54 Å². The van der Waals surface area contributed by atoms with Crippen molar-refractivity contribution in [3.8, 4) is 0 Å². The molecule has 0 unspecified atom stereocenters. The molecule has 2 rings (SSSR count). The van der Waals surface area contributed by atoms with Crippen molar-refractivity contribution in [2.45, 2.75) is 38.0 Å². The summed E-state index contributed by atoms with van der Waals surface area (Å²) < 4.78 is 11.2. The molecule has 1 aromatic carbocycles. The van der Waals surface area contributed by atoms with Crippen LogP contribution < -0.4 is 5.32 Å². The molecule has 112 valence electrons. The van der Waals surface area contributed by atoms with Gasteiger partial charge in [-0.1, -0.05) is 30.3 Å². The second kappa shape index (κ2) is 7.74. The first kappa shape index (κ1) is 15.4. The number of nitrogens with one attached hydrogen (secondary N) is 1. The van der Waals surface area contributed by atoms with Crippen molar-refractivity contribution in [3.05, 3.63) is 35.9 Å². The SMILES string of the molecule is C[C@@](CO)(NCCO[C@@H]1CCCCO1)c1ccccc1. The van der Waals surface area contributed by atoms with Crippen LogP contribution in [0.25, 0.3) is 0 Å². The molecular weight excluding hydrogens is 254 g/mol. The lowest BCUT2D eigenvalue weighted by Gasteiger charge is -2.30. The van der Waals surface area contributed by atoms with Crippen LogP contribution in [0.3, 0.4) is 0 Å². The maximum atomic E-state index is 9.66. The Hall–Kier alpha value is -0.940. The average molecular weight is 279 g/mol. The van der Waals surface area contributed by atoms with Gasteiger partial charge >= 0.3 is 0 Å². The first-order valence-electron chi connectivity index (χ1n) is 7.39. The molecule has 0 radical (unpaired) electrons. The van der Waals surface area contributed by atoms with Gasteiger partial charge in [-0.25, -0.2) is 0 Å². The summed E-state index contributed by atoms with van der Waals surface area (Å²) in [4.78, 5) is 0. The smallest absolute Gasteiger partial charge is 0.157 e. The maximum Gasteiger partial charge on any atom is 0.157 e. The topological polar surface area (TPSA) is 50.7 Å². The van der Waals surface area contributed by atoms with Crippen molar-refractivity contribution in [2.24, 2.45) is 0 Å². The highest BCUT2D eigenvalue weighted by Gasteiger charge is 2.24. The van der Waals surface area contributed by atoms with E-state index >= 15 is 0 Å². The lowest BCUT2D eigenvalue weighted by molar-refractivity contribution is -0.161. The molecule has 1 aliphatic heterocycles. The van der Waals surface area contributed by atoms with Crippen molar-refractivity contribution in [1.82, 2.24) is 5.32 Å². The van der Waals surface area contributed by atoms with Crippen molar-refractivity contribution < 1.29 is 14.6 Å². The van der Waals surface area contributed by atoms with Crippen molar-refractivity contribution in [1.29, 1.82) is 0 Å². The Morgan fingerprint density at radius 1 is 1.35 bits per heavy atom. The monoisotopic (exact) mass is 279 g/mol. The third kappa shape index (κ3) is 4.28. The number of aliphatic hydroxyl groups is 1. The van der Waals surface area contributed by atoms with Gasteiger partial charge in [-0.3, -0.25) is 0 Å². The molecule has 0 spiro atoms. The van der Waals surface area contributed by atoms with E-state index in [1.54, 1.807) is 0 Å². The summed E-state index contributed by atoms with van der Waals surface area (Å²) in [6, 6.07) is 9.99. The molecule has 2 N–H and O–H groups in total. The van der Waals surface area contributed by atoms with E-state index in [4.69, 9.17) is 9.47 Å². The number of rotatable bonds is 7. The lowest BCUT2D eigenvalue weighted by Crippen LogP contribution is -2.44. The van der Waals surface area contributed by atoms with Crippen LogP contribution in [0.15, 0.2) is 30.3 Å². The van der Waals surface area contributed by atoms with Crippen LogP contribution in [0.4, 0.5) is 0 Å². The molecule has 20 heavy (non-hydrogen) atoms. The molecule has 1 aromatic rings. The minimum absolute atomic E-state index is 0.0525. The Morgan fingerprint density at radius 2 is 2.15 bits per heavy atom. The number of benzene rings is 1. The van der Waals surface area contributed by atoms with E-state index in [1.807, 2.05) is 37.3 Å². The van der Waals surface area contributed by atoms with Crippen LogP contribution in [-0.4, -0.2) is 37.8 Å². The van der Waals surface area contributed by atoms with Crippen LogP contribution in [0.2, 0.25) is 0 Å². The summed E-state index contributed by atoms with van der Waals surface area (Å²) in [6.45, 7) is 4.13. The zero-order valence-corrected chi connectivity index (χ0v) is 12.2. The van der Waals surface area contributed by atoms with E-state index in [2.05, 4.69) is 5.32 Å². The van der Waals surface area contributed by atoms with Gasteiger partial charge in [0.1, 0.15) is 0 Å². The molecule has 1 aliphatic rings. The van der Waals surface area contributed by atoms with Crippen LogP contribution in [0, 0.1) is 0 Å².